The second kappa shape index (κ2) is 5.44. The zero-order chi connectivity index (χ0) is 14.9. The smallest absolute Gasteiger partial charge is 0.0366 e. The van der Waals surface area contributed by atoms with Crippen LogP contribution in [-0.2, 0) is 5.41 Å². The van der Waals surface area contributed by atoms with Crippen molar-refractivity contribution in [2.24, 2.45) is 0 Å². The zero-order valence-electron chi connectivity index (χ0n) is 13.0. The van der Waals surface area contributed by atoms with Crippen molar-refractivity contribution in [1.29, 1.82) is 0 Å². The van der Waals surface area contributed by atoms with Gasteiger partial charge >= 0.3 is 0 Å². The Balaban J connectivity index is 1.80. The van der Waals surface area contributed by atoms with Gasteiger partial charge in [0.15, 0.2) is 0 Å². The molecule has 0 bridgehead atoms. The molecule has 0 spiro atoms. The highest BCUT2D eigenvalue weighted by Crippen LogP contribution is 2.49. The first-order chi connectivity index (χ1) is 10.1. The van der Waals surface area contributed by atoms with Crippen LogP contribution in [-0.4, -0.2) is 13.1 Å². The molecule has 1 fully saturated rings. The Kier molecular flexibility index (Phi) is 3.62. The minimum atomic E-state index is 0.328. The largest absolute Gasteiger partial charge is 0.399 e. The second-order valence-electron chi connectivity index (χ2n) is 6.25. The van der Waals surface area contributed by atoms with Gasteiger partial charge in [-0.05, 0) is 56.5 Å². The molecule has 2 aromatic carbocycles. The van der Waals surface area contributed by atoms with E-state index >= 15 is 0 Å². The second-order valence-corrected chi connectivity index (χ2v) is 6.25. The summed E-state index contributed by atoms with van der Waals surface area (Å²) in [5.74, 6) is 0. The molecule has 1 aliphatic carbocycles. The number of nitrogens with zero attached hydrogens (tertiary/aromatic N) is 1. The molecule has 0 aromatic heterocycles. The van der Waals surface area contributed by atoms with E-state index in [2.05, 4.69) is 55.1 Å². The zero-order valence-corrected chi connectivity index (χ0v) is 13.0. The van der Waals surface area contributed by atoms with Crippen molar-refractivity contribution in [1.82, 2.24) is 0 Å². The molecule has 0 saturated heterocycles. The van der Waals surface area contributed by atoms with Crippen molar-refractivity contribution >= 4 is 11.4 Å². The Morgan fingerprint density at radius 1 is 1.00 bits per heavy atom. The predicted molar refractivity (Wildman–Crippen MR) is 90.8 cm³/mol. The number of anilines is 2. The van der Waals surface area contributed by atoms with Crippen LogP contribution in [0.4, 0.5) is 11.4 Å². The molecule has 2 nitrogen and oxygen atoms in total. The summed E-state index contributed by atoms with van der Waals surface area (Å²) in [5.41, 5.74) is 11.1. The van der Waals surface area contributed by atoms with E-state index in [0.717, 1.165) is 18.8 Å². The van der Waals surface area contributed by atoms with Gasteiger partial charge < -0.3 is 10.6 Å². The van der Waals surface area contributed by atoms with Crippen LogP contribution in [0.15, 0.2) is 48.5 Å². The van der Waals surface area contributed by atoms with Gasteiger partial charge in [-0.3, -0.25) is 0 Å². The van der Waals surface area contributed by atoms with Gasteiger partial charge in [-0.25, -0.2) is 0 Å². The van der Waals surface area contributed by atoms with Crippen LogP contribution >= 0.6 is 0 Å². The average molecular weight is 280 g/mol. The number of hydrogen-bond donors (Lipinski definition) is 1. The summed E-state index contributed by atoms with van der Waals surface area (Å²) in [6, 6.07) is 17.3. The Morgan fingerprint density at radius 2 is 1.62 bits per heavy atom. The Morgan fingerprint density at radius 3 is 2.14 bits per heavy atom. The standard InChI is InChI=1S/C19H24N2/c1-3-21(18-10-4-15(2)5-11-18)14-19(12-13-19)16-6-8-17(20)9-7-16/h4-11H,3,12-14,20H2,1-2H3. The van der Waals surface area contributed by atoms with E-state index in [0.29, 0.717) is 5.41 Å². The van der Waals surface area contributed by atoms with Gasteiger partial charge in [0.1, 0.15) is 0 Å². The summed E-state index contributed by atoms with van der Waals surface area (Å²) in [7, 11) is 0. The fourth-order valence-electron chi connectivity index (χ4n) is 3.03. The SMILES string of the molecule is CCN(CC1(c2ccc(N)cc2)CC1)c1ccc(C)cc1. The molecule has 0 aliphatic heterocycles. The Hall–Kier alpha value is -1.96. The van der Waals surface area contributed by atoms with Crippen molar-refractivity contribution in [2.75, 3.05) is 23.7 Å². The topological polar surface area (TPSA) is 29.3 Å². The highest BCUT2D eigenvalue weighted by atomic mass is 15.1. The molecule has 3 rings (SSSR count). The molecule has 0 heterocycles. The fourth-order valence-corrected chi connectivity index (χ4v) is 3.03. The van der Waals surface area contributed by atoms with Gasteiger partial charge in [0, 0.05) is 29.9 Å². The van der Waals surface area contributed by atoms with Gasteiger partial charge in [-0.2, -0.15) is 0 Å². The van der Waals surface area contributed by atoms with Crippen LogP contribution in [0.3, 0.4) is 0 Å². The van der Waals surface area contributed by atoms with E-state index in [1.165, 1.54) is 29.7 Å². The number of nitrogen functional groups attached to an aromatic ring is 1. The molecule has 21 heavy (non-hydrogen) atoms. The van der Waals surface area contributed by atoms with Gasteiger partial charge in [-0.1, -0.05) is 29.8 Å². The quantitative estimate of drug-likeness (QED) is 0.834. The highest BCUT2D eigenvalue weighted by Gasteiger charge is 2.45. The monoisotopic (exact) mass is 280 g/mol. The summed E-state index contributed by atoms with van der Waals surface area (Å²) < 4.78 is 0. The van der Waals surface area contributed by atoms with E-state index in [1.54, 1.807) is 0 Å². The number of nitrogens with two attached hydrogens (primary N) is 1. The molecular weight excluding hydrogens is 256 g/mol. The van der Waals surface area contributed by atoms with Crippen LogP contribution in [0.2, 0.25) is 0 Å². The van der Waals surface area contributed by atoms with Crippen molar-refractivity contribution in [3.63, 3.8) is 0 Å². The van der Waals surface area contributed by atoms with Crippen LogP contribution in [0.25, 0.3) is 0 Å². The maximum atomic E-state index is 5.81. The Labute approximate surface area is 127 Å². The van der Waals surface area contributed by atoms with E-state index < -0.39 is 0 Å². The summed E-state index contributed by atoms with van der Waals surface area (Å²) in [6.45, 7) is 6.51. The van der Waals surface area contributed by atoms with Gasteiger partial charge in [0.25, 0.3) is 0 Å². The summed E-state index contributed by atoms with van der Waals surface area (Å²) in [6.07, 6.45) is 2.55. The molecule has 0 radical (unpaired) electrons. The van der Waals surface area contributed by atoms with Crippen LogP contribution < -0.4 is 10.6 Å². The molecule has 1 aliphatic rings. The summed E-state index contributed by atoms with van der Waals surface area (Å²) >= 11 is 0. The molecule has 2 aromatic rings. The van der Waals surface area contributed by atoms with Crippen molar-refractivity contribution in [2.45, 2.75) is 32.1 Å². The van der Waals surface area contributed by atoms with Crippen LogP contribution in [0.5, 0.6) is 0 Å². The third-order valence-corrected chi connectivity index (χ3v) is 4.65. The van der Waals surface area contributed by atoms with Gasteiger partial charge in [0.05, 0.1) is 0 Å². The normalized spacial score (nSPS) is 15.7. The predicted octanol–water partition coefficient (Wildman–Crippen LogP) is 4.14. The average Bonchev–Trinajstić information content (AvgIpc) is 3.27. The number of aryl methyl sites for hydroxylation is 1. The lowest BCUT2D eigenvalue weighted by atomic mass is 9.94. The number of likely N-dealkylation sites (N-methyl/N-ethyl adjacent to an activating group) is 1. The molecule has 2 heteroatoms. The third-order valence-electron chi connectivity index (χ3n) is 4.65. The van der Waals surface area contributed by atoms with Crippen molar-refractivity contribution in [3.8, 4) is 0 Å². The van der Waals surface area contributed by atoms with Gasteiger partial charge in [-0.15, -0.1) is 0 Å². The first kappa shape index (κ1) is 14.0. The minimum Gasteiger partial charge on any atom is -0.399 e. The van der Waals surface area contributed by atoms with Crippen LogP contribution in [0.1, 0.15) is 30.9 Å². The van der Waals surface area contributed by atoms with Crippen molar-refractivity contribution in [3.05, 3.63) is 59.7 Å². The molecule has 0 amide bonds. The fraction of sp³-hybridized carbons (Fsp3) is 0.368. The molecule has 1 saturated carbocycles. The van der Waals surface area contributed by atoms with Gasteiger partial charge in [0.2, 0.25) is 0 Å². The molecule has 2 N–H and O–H groups in total. The molecular formula is C19H24N2. The van der Waals surface area contributed by atoms with E-state index in [1.807, 2.05) is 12.1 Å². The lowest BCUT2D eigenvalue weighted by Crippen LogP contribution is -2.32. The highest BCUT2D eigenvalue weighted by molar-refractivity contribution is 5.50. The number of rotatable bonds is 5. The number of hydrogen-bond acceptors (Lipinski definition) is 2. The van der Waals surface area contributed by atoms with Crippen LogP contribution in [0, 0.1) is 6.92 Å². The number of benzene rings is 2. The van der Waals surface area contributed by atoms with Crippen molar-refractivity contribution < 1.29 is 0 Å². The lowest BCUT2D eigenvalue weighted by Gasteiger charge is -2.29. The third kappa shape index (κ3) is 2.90. The van der Waals surface area contributed by atoms with E-state index in [4.69, 9.17) is 5.73 Å². The molecule has 110 valence electrons. The summed E-state index contributed by atoms with van der Waals surface area (Å²) in [4.78, 5) is 2.49. The minimum absolute atomic E-state index is 0.328. The maximum absolute atomic E-state index is 5.81. The molecule has 0 unspecified atom stereocenters. The summed E-state index contributed by atoms with van der Waals surface area (Å²) in [5, 5.41) is 0. The first-order valence-corrected chi connectivity index (χ1v) is 7.81. The maximum Gasteiger partial charge on any atom is 0.0366 e. The lowest BCUT2D eigenvalue weighted by molar-refractivity contribution is 0.649. The molecule has 0 atom stereocenters. The Bertz CT molecular complexity index is 594. The first-order valence-electron chi connectivity index (χ1n) is 7.81. The van der Waals surface area contributed by atoms with E-state index in [-0.39, 0.29) is 0 Å². The van der Waals surface area contributed by atoms with E-state index in [9.17, 15) is 0 Å².